The minimum atomic E-state index is -4.73. The van der Waals surface area contributed by atoms with E-state index in [9.17, 15) is 22.8 Å². The lowest BCUT2D eigenvalue weighted by atomic mass is 10.1. The Morgan fingerprint density at radius 2 is 1.62 bits per heavy atom. The monoisotopic (exact) mass is 425 g/mol. The lowest BCUT2D eigenvalue weighted by Crippen LogP contribution is -2.22. The van der Waals surface area contributed by atoms with Gasteiger partial charge in [0.05, 0.1) is 26.9 Å². The Balaban J connectivity index is 2.06. The average Bonchev–Trinajstić information content (AvgIpc) is 2.55. The van der Waals surface area contributed by atoms with Crippen LogP contribution in [0.2, 0.25) is 15.1 Å². The van der Waals surface area contributed by atoms with Crippen molar-refractivity contribution in [3.63, 3.8) is 0 Å². The van der Waals surface area contributed by atoms with E-state index < -0.39 is 35.8 Å². The molecule has 0 aliphatic carbocycles. The molecule has 0 aliphatic rings. The molecule has 0 spiro atoms. The van der Waals surface area contributed by atoms with Crippen LogP contribution in [-0.2, 0) is 15.7 Å². The normalized spacial score (nSPS) is 11.2. The van der Waals surface area contributed by atoms with Gasteiger partial charge in [0, 0.05) is 5.02 Å². The van der Waals surface area contributed by atoms with Gasteiger partial charge in [-0.3, -0.25) is 4.79 Å². The Bertz CT molecular complexity index is 833. The summed E-state index contributed by atoms with van der Waals surface area (Å²) in [6.45, 7) is -0.833. The minimum Gasteiger partial charge on any atom is -0.452 e. The third-order valence-corrected chi connectivity index (χ3v) is 3.87. The summed E-state index contributed by atoms with van der Waals surface area (Å²) >= 11 is 17.5. The Hall–Kier alpha value is -1.96. The number of anilines is 1. The van der Waals surface area contributed by atoms with E-state index in [0.29, 0.717) is 0 Å². The smallest absolute Gasteiger partial charge is 0.417 e. The third kappa shape index (κ3) is 5.03. The van der Waals surface area contributed by atoms with Crippen molar-refractivity contribution in [1.82, 2.24) is 0 Å². The highest BCUT2D eigenvalue weighted by Crippen LogP contribution is 2.34. The molecule has 0 atom stereocenters. The van der Waals surface area contributed by atoms with Gasteiger partial charge in [0.2, 0.25) is 0 Å². The molecular weight excluding hydrogens is 418 g/mol. The number of halogens is 6. The molecule has 0 aliphatic heterocycles. The van der Waals surface area contributed by atoms with Crippen molar-refractivity contribution in [2.45, 2.75) is 6.18 Å². The summed E-state index contributed by atoms with van der Waals surface area (Å²) < 4.78 is 43.3. The highest BCUT2D eigenvalue weighted by molar-refractivity contribution is 6.42. The van der Waals surface area contributed by atoms with Crippen LogP contribution in [0.25, 0.3) is 0 Å². The second-order valence-electron chi connectivity index (χ2n) is 4.91. The molecule has 2 aromatic rings. The zero-order valence-electron chi connectivity index (χ0n) is 12.7. The summed E-state index contributed by atoms with van der Waals surface area (Å²) in [5.41, 5.74) is -1.82. The van der Waals surface area contributed by atoms with E-state index in [-0.39, 0.29) is 20.8 Å². The fourth-order valence-electron chi connectivity index (χ4n) is 1.95. The summed E-state index contributed by atoms with van der Waals surface area (Å²) in [4.78, 5) is 23.7. The van der Waals surface area contributed by atoms with Gasteiger partial charge in [0.15, 0.2) is 6.61 Å². The molecule has 26 heavy (non-hydrogen) atoms. The summed E-state index contributed by atoms with van der Waals surface area (Å²) in [6, 6.07) is 6.74. The zero-order chi connectivity index (χ0) is 19.5. The number of benzene rings is 2. The molecule has 138 valence electrons. The molecule has 1 amide bonds. The third-order valence-electron chi connectivity index (χ3n) is 3.06. The number of carbonyl (C=O) groups is 2. The van der Waals surface area contributed by atoms with Gasteiger partial charge < -0.3 is 10.1 Å². The highest BCUT2D eigenvalue weighted by Gasteiger charge is 2.35. The number of alkyl halides is 3. The van der Waals surface area contributed by atoms with E-state index in [1.807, 2.05) is 0 Å². The van der Waals surface area contributed by atoms with Gasteiger partial charge in [-0.15, -0.1) is 0 Å². The van der Waals surface area contributed by atoms with Crippen molar-refractivity contribution in [3.8, 4) is 0 Å². The first kappa shape index (κ1) is 20.4. The Kier molecular flexibility index (Phi) is 6.39. The van der Waals surface area contributed by atoms with Crippen LogP contribution < -0.4 is 5.32 Å². The average molecular weight is 427 g/mol. The minimum absolute atomic E-state index is 0.0365. The number of nitrogens with one attached hydrogen (secondary N) is 1. The number of rotatable bonds is 4. The topological polar surface area (TPSA) is 55.4 Å². The SMILES string of the molecule is O=C(COC(=O)c1ccccc1C(F)(F)F)Nc1c(Cl)cc(Cl)cc1Cl. The lowest BCUT2D eigenvalue weighted by molar-refractivity contribution is -0.138. The second kappa shape index (κ2) is 8.16. The molecule has 0 unspecified atom stereocenters. The van der Waals surface area contributed by atoms with Crippen LogP contribution in [0.4, 0.5) is 18.9 Å². The largest absolute Gasteiger partial charge is 0.452 e. The number of ether oxygens (including phenoxy) is 1. The molecular formula is C16H9Cl3F3NO3. The number of carbonyl (C=O) groups excluding carboxylic acids is 2. The van der Waals surface area contributed by atoms with Crippen LogP contribution >= 0.6 is 34.8 Å². The number of hydrogen-bond acceptors (Lipinski definition) is 3. The summed E-state index contributed by atoms with van der Waals surface area (Å²) in [6.07, 6.45) is -4.73. The highest BCUT2D eigenvalue weighted by atomic mass is 35.5. The first-order valence-corrected chi connectivity index (χ1v) is 8.00. The van der Waals surface area contributed by atoms with Gasteiger partial charge in [-0.05, 0) is 24.3 Å². The second-order valence-corrected chi connectivity index (χ2v) is 6.16. The predicted octanol–water partition coefficient (Wildman–Crippen LogP) is 5.46. The van der Waals surface area contributed by atoms with Gasteiger partial charge in [0.1, 0.15) is 0 Å². The van der Waals surface area contributed by atoms with E-state index in [1.54, 1.807) is 0 Å². The predicted molar refractivity (Wildman–Crippen MR) is 91.8 cm³/mol. The van der Waals surface area contributed by atoms with Crippen LogP contribution in [0.3, 0.4) is 0 Å². The Labute approximate surface area is 160 Å². The number of amides is 1. The molecule has 0 radical (unpaired) electrons. The molecule has 0 fully saturated rings. The summed E-state index contributed by atoms with van der Waals surface area (Å²) in [7, 11) is 0. The van der Waals surface area contributed by atoms with Crippen molar-refractivity contribution in [2.24, 2.45) is 0 Å². The van der Waals surface area contributed by atoms with Gasteiger partial charge in [0.25, 0.3) is 5.91 Å². The van der Waals surface area contributed by atoms with Gasteiger partial charge in [-0.1, -0.05) is 46.9 Å². The van der Waals surface area contributed by atoms with E-state index in [1.165, 1.54) is 18.2 Å². The van der Waals surface area contributed by atoms with E-state index in [0.717, 1.165) is 18.2 Å². The van der Waals surface area contributed by atoms with Crippen LogP contribution in [0, 0.1) is 0 Å². The molecule has 0 saturated carbocycles. The van der Waals surface area contributed by atoms with Crippen molar-refractivity contribution >= 4 is 52.4 Å². The molecule has 0 bridgehead atoms. The van der Waals surface area contributed by atoms with Crippen molar-refractivity contribution < 1.29 is 27.5 Å². The molecule has 2 aromatic carbocycles. The fourth-order valence-corrected chi connectivity index (χ4v) is 2.87. The maximum Gasteiger partial charge on any atom is 0.417 e. The van der Waals surface area contributed by atoms with Gasteiger partial charge >= 0.3 is 12.1 Å². The van der Waals surface area contributed by atoms with Crippen molar-refractivity contribution in [2.75, 3.05) is 11.9 Å². The van der Waals surface area contributed by atoms with E-state index in [2.05, 4.69) is 10.1 Å². The maximum atomic E-state index is 12.9. The molecule has 0 heterocycles. The maximum absolute atomic E-state index is 12.9. The first-order valence-electron chi connectivity index (χ1n) is 6.87. The number of hydrogen-bond donors (Lipinski definition) is 1. The summed E-state index contributed by atoms with van der Waals surface area (Å²) in [5.74, 6) is -2.13. The van der Waals surface area contributed by atoms with Gasteiger partial charge in [-0.25, -0.2) is 4.79 Å². The quantitative estimate of drug-likeness (QED) is 0.661. The molecule has 10 heteroatoms. The van der Waals surface area contributed by atoms with Crippen LogP contribution in [-0.4, -0.2) is 18.5 Å². The van der Waals surface area contributed by atoms with Crippen LogP contribution in [0.5, 0.6) is 0 Å². The molecule has 0 saturated heterocycles. The van der Waals surface area contributed by atoms with Gasteiger partial charge in [-0.2, -0.15) is 13.2 Å². The van der Waals surface area contributed by atoms with Crippen LogP contribution in [0.15, 0.2) is 36.4 Å². The molecule has 4 nitrogen and oxygen atoms in total. The molecule has 2 rings (SSSR count). The fraction of sp³-hybridized carbons (Fsp3) is 0.125. The van der Waals surface area contributed by atoms with E-state index in [4.69, 9.17) is 34.8 Å². The van der Waals surface area contributed by atoms with E-state index >= 15 is 0 Å². The van der Waals surface area contributed by atoms with Crippen molar-refractivity contribution in [3.05, 3.63) is 62.6 Å². The standard InChI is InChI=1S/C16H9Cl3F3NO3/c17-8-5-11(18)14(12(19)6-8)23-13(24)7-26-15(25)9-3-1-2-4-10(9)16(20,21)22/h1-6H,7H2,(H,23,24). The van der Waals surface area contributed by atoms with Crippen LogP contribution in [0.1, 0.15) is 15.9 Å². The van der Waals surface area contributed by atoms with Crippen molar-refractivity contribution in [1.29, 1.82) is 0 Å². The Morgan fingerprint density at radius 1 is 1.04 bits per heavy atom. The Morgan fingerprint density at radius 3 is 2.19 bits per heavy atom. The number of esters is 1. The zero-order valence-corrected chi connectivity index (χ0v) is 14.9. The molecule has 0 aromatic heterocycles. The summed E-state index contributed by atoms with van der Waals surface area (Å²) in [5, 5.41) is 2.63. The molecule has 1 N–H and O–H groups in total. The first-order chi connectivity index (χ1) is 12.1. The lowest BCUT2D eigenvalue weighted by Gasteiger charge is -2.13.